The Balaban J connectivity index is 1.76. The predicted molar refractivity (Wildman–Crippen MR) is 125 cm³/mol. The van der Waals surface area contributed by atoms with Gasteiger partial charge in [-0.05, 0) is 55.8 Å². The summed E-state index contributed by atoms with van der Waals surface area (Å²) in [6.07, 6.45) is 0. The van der Waals surface area contributed by atoms with Crippen LogP contribution in [0.15, 0.2) is 103 Å². The topological polar surface area (TPSA) is 26.0 Å². The van der Waals surface area contributed by atoms with Gasteiger partial charge in [0.25, 0.3) is 0 Å². The smallest absolute Gasteiger partial charge is 0.0726 e. The minimum Gasteiger partial charge on any atom is -0.398 e. The molecular weight excluding hydrogens is 362 g/mol. The van der Waals surface area contributed by atoms with Crippen molar-refractivity contribution in [1.29, 1.82) is 0 Å². The highest BCUT2D eigenvalue weighted by molar-refractivity contribution is 6.06. The van der Waals surface area contributed by atoms with E-state index in [4.69, 9.17) is 5.73 Å². The molecule has 2 N–H and O–H groups in total. The second-order valence-corrected chi connectivity index (χ2v) is 8.32. The lowest BCUT2D eigenvalue weighted by Gasteiger charge is -2.30. The first-order chi connectivity index (χ1) is 14.8. The molecule has 1 heteroatoms. The van der Waals surface area contributed by atoms with Crippen molar-refractivity contribution < 1.29 is 0 Å². The monoisotopic (exact) mass is 381 g/mol. The first-order valence-electron chi connectivity index (χ1n) is 10.4. The minimum atomic E-state index is -0.322. The van der Waals surface area contributed by atoms with Crippen LogP contribution in [-0.2, 0) is 5.41 Å². The second kappa shape index (κ2) is 5.40. The lowest BCUT2D eigenvalue weighted by molar-refractivity contribution is 0.794. The summed E-state index contributed by atoms with van der Waals surface area (Å²) in [5.74, 6) is 0. The highest BCUT2D eigenvalue weighted by Gasteiger charge is 2.52. The largest absolute Gasteiger partial charge is 0.398 e. The summed E-state index contributed by atoms with van der Waals surface area (Å²) < 4.78 is 0. The molecule has 1 spiro atoms. The molecule has 1 atom stereocenters. The molecule has 5 aromatic carbocycles. The van der Waals surface area contributed by atoms with Crippen molar-refractivity contribution in [3.05, 3.63) is 125 Å². The van der Waals surface area contributed by atoms with E-state index in [0.29, 0.717) is 0 Å². The quantitative estimate of drug-likeness (QED) is 0.288. The van der Waals surface area contributed by atoms with E-state index in [9.17, 15) is 0 Å². The molecule has 0 aliphatic heterocycles. The van der Waals surface area contributed by atoms with E-state index in [-0.39, 0.29) is 5.41 Å². The van der Waals surface area contributed by atoms with Crippen LogP contribution in [0.3, 0.4) is 0 Å². The van der Waals surface area contributed by atoms with Gasteiger partial charge >= 0.3 is 0 Å². The Labute approximate surface area is 175 Å². The van der Waals surface area contributed by atoms with Gasteiger partial charge in [-0.2, -0.15) is 0 Å². The van der Waals surface area contributed by atoms with Crippen LogP contribution < -0.4 is 5.73 Å². The molecule has 7 rings (SSSR count). The summed E-state index contributed by atoms with van der Waals surface area (Å²) >= 11 is 0. The standard InChI is InChI=1S/C29H19N/c30-26-15-7-14-24-28(26)21-11-4-6-13-23(21)29(24)22-12-5-3-10-20(22)27-19-9-2-1-8-18(19)16-17-25(27)29/h1-17H,30H2. The summed E-state index contributed by atoms with van der Waals surface area (Å²) in [4.78, 5) is 0. The molecule has 0 saturated carbocycles. The van der Waals surface area contributed by atoms with Crippen LogP contribution >= 0.6 is 0 Å². The zero-order valence-corrected chi connectivity index (χ0v) is 16.4. The van der Waals surface area contributed by atoms with Crippen LogP contribution in [0.2, 0.25) is 0 Å². The first-order valence-corrected chi connectivity index (χ1v) is 10.4. The zero-order chi connectivity index (χ0) is 19.9. The maximum absolute atomic E-state index is 6.57. The van der Waals surface area contributed by atoms with E-state index in [1.165, 1.54) is 55.3 Å². The fraction of sp³-hybridized carbons (Fsp3) is 0.0345. The molecule has 0 amide bonds. The van der Waals surface area contributed by atoms with Gasteiger partial charge in [0.15, 0.2) is 0 Å². The van der Waals surface area contributed by atoms with Crippen molar-refractivity contribution in [1.82, 2.24) is 0 Å². The molecule has 0 saturated heterocycles. The average molecular weight is 381 g/mol. The van der Waals surface area contributed by atoms with Crippen molar-refractivity contribution in [2.24, 2.45) is 0 Å². The Morgan fingerprint density at radius 3 is 1.87 bits per heavy atom. The Bertz CT molecular complexity index is 1510. The van der Waals surface area contributed by atoms with Gasteiger partial charge in [-0.25, -0.2) is 0 Å². The third-order valence-corrected chi connectivity index (χ3v) is 7.03. The lowest BCUT2D eigenvalue weighted by atomic mass is 9.70. The third-order valence-electron chi connectivity index (χ3n) is 7.03. The Morgan fingerprint density at radius 1 is 0.467 bits per heavy atom. The van der Waals surface area contributed by atoms with E-state index in [1.807, 2.05) is 6.07 Å². The number of nitrogens with two attached hydrogens (primary N) is 1. The Hall–Kier alpha value is -3.84. The lowest BCUT2D eigenvalue weighted by Crippen LogP contribution is -2.25. The molecule has 0 aromatic heterocycles. The molecule has 0 fully saturated rings. The van der Waals surface area contributed by atoms with Crippen LogP contribution in [0.1, 0.15) is 22.3 Å². The average Bonchev–Trinajstić information content (AvgIpc) is 3.27. The first kappa shape index (κ1) is 16.0. The van der Waals surface area contributed by atoms with Gasteiger partial charge in [0.2, 0.25) is 0 Å². The van der Waals surface area contributed by atoms with Crippen molar-refractivity contribution in [3.63, 3.8) is 0 Å². The van der Waals surface area contributed by atoms with Gasteiger partial charge in [-0.1, -0.05) is 97.1 Å². The number of anilines is 1. The number of hydrogen-bond donors (Lipinski definition) is 1. The molecule has 1 unspecified atom stereocenters. The third kappa shape index (κ3) is 1.67. The maximum atomic E-state index is 6.57. The molecule has 2 aliphatic rings. The molecule has 0 heterocycles. The van der Waals surface area contributed by atoms with Gasteiger partial charge in [0, 0.05) is 11.3 Å². The number of rotatable bonds is 0. The normalized spacial score (nSPS) is 17.6. The van der Waals surface area contributed by atoms with Crippen molar-refractivity contribution in [2.75, 3.05) is 5.73 Å². The maximum Gasteiger partial charge on any atom is 0.0726 e. The number of hydrogen-bond acceptors (Lipinski definition) is 1. The van der Waals surface area contributed by atoms with Gasteiger partial charge in [-0.15, -0.1) is 0 Å². The fourth-order valence-corrected chi connectivity index (χ4v) is 5.98. The molecule has 0 radical (unpaired) electrons. The summed E-state index contributed by atoms with van der Waals surface area (Å²) in [6.45, 7) is 0. The number of fused-ring (bicyclic) bond motifs is 12. The van der Waals surface area contributed by atoms with Crippen LogP contribution in [0.4, 0.5) is 5.69 Å². The molecule has 1 nitrogen and oxygen atoms in total. The minimum absolute atomic E-state index is 0.322. The van der Waals surface area contributed by atoms with Crippen LogP contribution in [0.5, 0.6) is 0 Å². The highest BCUT2D eigenvalue weighted by atomic mass is 14.6. The van der Waals surface area contributed by atoms with Gasteiger partial charge in [0.1, 0.15) is 0 Å². The van der Waals surface area contributed by atoms with Crippen LogP contribution in [-0.4, -0.2) is 0 Å². The Kier molecular flexibility index (Phi) is 2.88. The van der Waals surface area contributed by atoms with Gasteiger partial charge in [-0.3, -0.25) is 0 Å². The van der Waals surface area contributed by atoms with E-state index < -0.39 is 0 Å². The summed E-state index contributed by atoms with van der Waals surface area (Å²) in [5.41, 5.74) is 17.6. The van der Waals surface area contributed by atoms with E-state index in [2.05, 4.69) is 97.1 Å². The molecule has 0 bridgehead atoms. The number of benzene rings is 5. The highest BCUT2D eigenvalue weighted by Crippen LogP contribution is 2.64. The Morgan fingerprint density at radius 2 is 1.07 bits per heavy atom. The van der Waals surface area contributed by atoms with Crippen molar-refractivity contribution in [2.45, 2.75) is 5.41 Å². The van der Waals surface area contributed by atoms with Crippen molar-refractivity contribution in [3.8, 4) is 22.3 Å². The van der Waals surface area contributed by atoms with Gasteiger partial charge in [0.05, 0.1) is 5.41 Å². The van der Waals surface area contributed by atoms with E-state index in [0.717, 1.165) is 5.69 Å². The van der Waals surface area contributed by atoms with E-state index in [1.54, 1.807) is 0 Å². The fourth-order valence-electron chi connectivity index (χ4n) is 5.98. The SMILES string of the molecule is Nc1cccc2c1-c1ccccc1C21c2ccccc2-c2c1ccc1ccccc21. The molecule has 140 valence electrons. The zero-order valence-electron chi connectivity index (χ0n) is 16.4. The number of nitrogen functional groups attached to an aromatic ring is 1. The molecular formula is C29H19N. The van der Waals surface area contributed by atoms with Gasteiger partial charge < -0.3 is 5.73 Å². The molecule has 2 aliphatic carbocycles. The predicted octanol–water partition coefficient (Wildman–Crippen LogP) is 6.77. The van der Waals surface area contributed by atoms with Crippen molar-refractivity contribution >= 4 is 16.5 Å². The second-order valence-electron chi connectivity index (χ2n) is 8.32. The van der Waals surface area contributed by atoms with Crippen LogP contribution in [0.25, 0.3) is 33.0 Å². The molecule has 5 aromatic rings. The van der Waals surface area contributed by atoms with E-state index >= 15 is 0 Å². The summed E-state index contributed by atoms with van der Waals surface area (Å²) in [7, 11) is 0. The summed E-state index contributed by atoms with van der Waals surface area (Å²) in [5, 5.41) is 2.59. The molecule has 30 heavy (non-hydrogen) atoms. The van der Waals surface area contributed by atoms with Crippen LogP contribution in [0, 0.1) is 0 Å². The summed E-state index contributed by atoms with van der Waals surface area (Å²) in [6, 6.07) is 37.4.